The number of nitrogens with one attached hydrogen (secondary N) is 1. The van der Waals surface area contributed by atoms with Crippen LogP contribution in [-0.4, -0.2) is 47.2 Å². The molecule has 4 heterocycles. The molecule has 1 saturated carbocycles. The van der Waals surface area contributed by atoms with Crippen molar-refractivity contribution in [2.24, 2.45) is 5.41 Å². The molecule has 2 amide bonds. The van der Waals surface area contributed by atoms with Gasteiger partial charge < -0.3 is 9.64 Å². The first-order valence-corrected chi connectivity index (χ1v) is 12.0. The highest BCUT2D eigenvalue weighted by Crippen LogP contribution is 2.44. The van der Waals surface area contributed by atoms with Crippen LogP contribution in [0.4, 0.5) is 9.93 Å². The van der Waals surface area contributed by atoms with E-state index in [1.54, 1.807) is 11.0 Å². The predicted octanol–water partition coefficient (Wildman–Crippen LogP) is 4.79. The van der Waals surface area contributed by atoms with E-state index in [9.17, 15) is 10.1 Å². The van der Waals surface area contributed by atoms with Crippen LogP contribution in [0.5, 0.6) is 0 Å². The van der Waals surface area contributed by atoms with Crippen LogP contribution in [0.2, 0.25) is 0 Å². The Morgan fingerprint density at radius 1 is 1.21 bits per heavy atom. The topological polar surface area (TPSA) is 91.1 Å². The number of aryl methyl sites for hydroxylation is 1. The van der Waals surface area contributed by atoms with Gasteiger partial charge in [0.2, 0.25) is 0 Å². The smallest absolute Gasteiger partial charge is 0.323 e. The molecular weight excluding hydrogens is 434 g/mol. The fraction of sp³-hybridized carbons (Fsp3) is 0.360. The fourth-order valence-corrected chi connectivity index (χ4v) is 5.53. The summed E-state index contributed by atoms with van der Waals surface area (Å²) in [7, 11) is 0. The van der Waals surface area contributed by atoms with Gasteiger partial charge >= 0.3 is 6.03 Å². The third-order valence-electron chi connectivity index (χ3n) is 6.49. The quantitative estimate of drug-likeness (QED) is 0.608. The number of anilines is 1. The van der Waals surface area contributed by atoms with E-state index < -0.39 is 0 Å². The molecule has 0 unspecified atom stereocenters. The highest BCUT2D eigenvalue weighted by molar-refractivity contribution is 7.19. The van der Waals surface area contributed by atoms with Gasteiger partial charge in [-0.3, -0.25) is 10.3 Å². The van der Waals surface area contributed by atoms with Crippen LogP contribution >= 0.6 is 11.3 Å². The number of likely N-dealkylation sites (tertiary alicyclic amines) is 1. The molecule has 2 saturated heterocycles. The Morgan fingerprint density at radius 2 is 2.03 bits per heavy atom. The molecule has 0 bridgehead atoms. The van der Waals surface area contributed by atoms with Gasteiger partial charge in [0.1, 0.15) is 0 Å². The number of nitrogens with zero attached hydrogens (tertiary/aromatic N) is 4. The standard InChI is InChI=1S/C25H23N5O2S/c1-15-7-19(9-20(27-15)17-5-6-17)22-21(18-4-2-3-16(8-18)10-26)28-23(33-22)29-24(31)30-11-25(12-30)13-32-14-25/h2-4,7-9,17H,5-6,11-14H2,1H3,(H,28,29,31). The van der Waals surface area contributed by atoms with E-state index in [1.807, 2.05) is 25.1 Å². The molecule has 6 rings (SSSR count). The zero-order valence-corrected chi connectivity index (χ0v) is 19.1. The maximum absolute atomic E-state index is 12.8. The number of amides is 2. The first kappa shape index (κ1) is 20.3. The van der Waals surface area contributed by atoms with Gasteiger partial charge in [-0.25, -0.2) is 9.78 Å². The van der Waals surface area contributed by atoms with Crippen molar-refractivity contribution < 1.29 is 9.53 Å². The average molecular weight is 458 g/mol. The molecule has 1 N–H and O–H groups in total. The number of carbonyl (C=O) groups is 1. The number of pyridine rings is 1. The molecule has 0 atom stereocenters. The third kappa shape index (κ3) is 3.77. The lowest BCUT2D eigenvalue weighted by molar-refractivity contribution is -0.174. The third-order valence-corrected chi connectivity index (χ3v) is 7.51. The van der Waals surface area contributed by atoms with Crippen molar-refractivity contribution >= 4 is 22.5 Å². The molecule has 7 nitrogen and oxygen atoms in total. The minimum atomic E-state index is -0.130. The van der Waals surface area contributed by atoms with E-state index in [-0.39, 0.29) is 11.4 Å². The van der Waals surface area contributed by atoms with Crippen molar-refractivity contribution in [3.8, 4) is 27.8 Å². The van der Waals surface area contributed by atoms with Gasteiger partial charge in [-0.15, -0.1) is 0 Å². The number of nitriles is 1. The zero-order chi connectivity index (χ0) is 22.6. The monoisotopic (exact) mass is 457 g/mol. The maximum Gasteiger partial charge on any atom is 0.323 e. The lowest BCUT2D eigenvalue weighted by atomic mass is 9.78. The number of ether oxygens (including phenoxy) is 1. The van der Waals surface area contributed by atoms with Crippen molar-refractivity contribution in [3.05, 3.63) is 53.3 Å². The van der Waals surface area contributed by atoms with E-state index in [0.717, 1.165) is 59.4 Å². The Kier molecular flexibility index (Phi) is 4.71. The number of urea groups is 1. The van der Waals surface area contributed by atoms with Crippen molar-refractivity contribution in [2.45, 2.75) is 25.7 Å². The summed E-state index contributed by atoms with van der Waals surface area (Å²) in [5.41, 5.74) is 5.52. The second-order valence-corrected chi connectivity index (χ2v) is 10.4. The Labute approximate surface area is 196 Å². The number of aromatic nitrogens is 2. The largest absolute Gasteiger partial charge is 0.380 e. The first-order chi connectivity index (χ1) is 16.0. The molecule has 8 heteroatoms. The summed E-state index contributed by atoms with van der Waals surface area (Å²) < 4.78 is 5.31. The van der Waals surface area contributed by atoms with Gasteiger partial charge in [-0.1, -0.05) is 23.5 Å². The number of benzene rings is 1. The van der Waals surface area contributed by atoms with Crippen molar-refractivity contribution in [3.63, 3.8) is 0 Å². The lowest BCUT2D eigenvalue weighted by Crippen LogP contribution is -2.67. The second-order valence-electron chi connectivity index (χ2n) is 9.36. The van der Waals surface area contributed by atoms with E-state index in [2.05, 4.69) is 23.5 Å². The van der Waals surface area contributed by atoms with E-state index in [0.29, 0.717) is 16.6 Å². The van der Waals surface area contributed by atoms with E-state index >= 15 is 0 Å². The van der Waals surface area contributed by atoms with E-state index in [4.69, 9.17) is 14.7 Å². The molecule has 0 radical (unpaired) electrons. The second kappa shape index (κ2) is 7.65. The van der Waals surface area contributed by atoms with Gasteiger partial charge in [0, 0.05) is 36.0 Å². The maximum atomic E-state index is 12.8. The number of rotatable bonds is 4. The summed E-state index contributed by atoms with van der Waals surface area (Å²) in [6, 6.07) is 13.7. The Bertz CT molecular complexity index is 1290. The summed E-state index contributed by atoms with van der Waals surface area (Å²) >= 11 is 1.47. The Balaban J connectivity index is 1.35. The Morgan fingerprint density at radius 3 is 2.73 bits per heavy atom. The summed E-state index contributed by atoms with van der Waals surface area (Å²) in [5.74, 6) is 0.537. The van der Waals surface area contributed by atoms with Crippen LogP contribution in [0.3, 0.4) is 0 Å². The van der Waals surface area contributed by atoms with Crippen LogP contribution in [0.15, 0.2) is 36.4 Å². The molecule has 33 heavy (non-hydrogen) atoms. The van der Waals surface area contributed by atoms with Gasteiger partial charge in [0.05, 0.1) is 40.8 Å². The SMILES string of the molecule is Cc1cc(-c2sc(NC(=O)N3CC4(COC4)C3)nc2-c2cccc(C#N)c2)cc(C2CC2)n1. The van der Waals surface area contributed by atoms with Gasteiger partial charge in [-0.05, 0) is 49.6 Å². The fourth-order valence-electron chi connectivity index (χ4n) is 4.57. The summed E-state index contributed by atoms with van der Waals surface area (Å²) in [6.07, 6.45) is 2.36. The molecule has 3 fully saturated rings. The van der Waals surface area contributed by atoms with Crippen LogP contribution in [0.1, 0.15) is 35.7 Å². The van der Waals surface area contributed by atoms with E-state index in [1.165, 1.54) is 24.2 Å². The number of hydrogen-bond donors (Lipinski definition) is 1. The van der Waals surface area contributed by atoms with Crippen LogP contribution in [0.25, 0.3) is 21.7 Å². The van der Waals surface area contributed by atoms with Gasteiger partial charge in [0.15, 0.2) is 5.13 Å². The molecule has 3 aromatic rings. The van der Waals surface area contributed by atoms with Crippen LogP contribution in [-0.2, 0) is 4.74 Å². The molecule has 1 aliphatic carbocycles. The molecule has 3 aliphatic rings. The van der Waals surface area contributed by atoms with Crippen molar-refractivity contribution in [2.75, 3.05) is 31.6 Å². The lowest BCUT2D eigenvalue weighted by Gasteiger charge is -2.54. The van der Waals surface area contributed by atoms with Crippen LogP contribution in [0, 0.1) is 23.7 Å². The van der Waals surface area contributed by atoms with Gasteiger partial charge in [-0.2, -0.15) is 5.26 Å². The molecule has 1 spiro atoms. The molecule has 2 aromatic heterocycles. The normalized spacial score (nSPS) is 18.4. The molecule has 2 aliphatic heterocycles. The van der Waals surface area contributed by atoms with Crippen molar-refractivity contribution in [1.29, 1.82) is 5.26 Å². The zero-order valence-electron chi connectivity index (χ0n) is 18.3. The average Bonchev–Trinajstić information content (AvgIpc) is 3.52. The molecule has 166 valence electrons. The van der Waals surface area contributed by atoms with Crippen molar-refractivity contribution in [1.82, 2.24) is 14.9 Å². The number of carbonyl (C=O) groups excluding carboxylic acids is 1. The molecular formula is C25H23N5O2S. The minimum Gasteiger partial charge on any atom is -0.380 e. The summed E-state index contributed by atoms with van der Waals surface area (Å²) in [5, 5.41) is 12.9. The molecule has 1 aromatic carbocycles. The number of hydrogen-bond acceptors (Lipinski definition) is 6. The first-order valence-electron chi connectivity index (χ1n) is 11.2. The highest BCUT2D eigenvalue weighted by atomic mass is 32.1. The Hall–Kier alpha value is -3.28. The minimum absolute atomic E-state index is 0.130. The highest BCUT2D eigenvalue weighted by Gasteiger charge is 2.50. The van der Waals surface area contributed by atoms with Gasteiger partial charge in [0.25, 0.3) is 0 Å². The summed E-state index contributed by atoms with van der Waals surface area (Å²) in [4.78, 5) is 25.1. The van der Waals surface area contributed by atoms with Crippen LogP contribution < -0.4 is 5.32 Å². The number of thiazole rings is 1. The summed E-state index contributed by atoms with van der Waals surface area (Å²) in [6.45, 7) is 4.94. The predicted molar refractivity (Wildman–Crippen MR) is 126 cm³/mol.